The standard InChI is InChI=1S/C13H16ClN3O/c1-8-4-5-11(15)12(6-8)18-7-10-9(2)16-17(3)13(10)14/h4-6H,7,15H2,1-3H3. The molecule has 0 saturated carbocycles. The summed E-state index contributed by atoms with van der Waals surface area (Å²) in [5.41, 5.74) is 9.34. The van der Waals surface area contributed by atoms with Gasteiger partial charge in [0, 0.05) is 12.6 Å². The van der Waals surface area contributed by atoms with E-state index in [0.29, 0.717) is 23.2 Å². The number of halogens is 1. The van der Waals surface area contributed by atoms with Gasteiger partial charge in [-0.1, -0.05) is 17.7 Å². The van der Waals surface area contributed by atoms with E-state index in [0.717, 1.165) is 16.8 Å². The number of hydrogen-bond donors (Lipinski definition) is 1. The zero-order valence-electron chi connectivity index (χ0n) is 10.7. The van der Waals surface area contributed by atoms with Gasteiger partial charge in [-0.05, 0) is 31.5 Å². The molecule has 2 aromatic rings. The van der Waals surface area contributed by atoms with E-state index in [9.17, 15) is 0 Å². The lowest BCUT2D eigenvalue weighted by Gasteiger charge is -2.09. The second-order valence-electron chi connectivity index (χ2n) is 4.31. The predicted molar refractivity (Wildman–Crippen MR) is 72.9 cm³/mol. The highest BCUT2D eigenvalue weighted by atomic mass is 35.5. The molecule has 0 atom stereocenters. The Labute approximate surface area is 111 Å². The smallest absolute Gasteiger partial charge is 0.142 e. The molecule has 1 aromatic carbocycles. The van der Waals surface area contributed by atoms with Crippen molar-refractivity contribution in [1.29, 1.82) is 0 Å². The molecule has 0 saturated heterocycles. The monoisotopic (exact) mass is 265 g/mol. The molecule has 4 nitrogen and oxygen atoms in total. The summed E-state index contributed by atoms with van der Waals surface area (Å²) in [5.74, 6) is 0.675. The van der Waals surface area contributed by atoms with Crippen molar-refractivity contribution in [2.75, 3.05) is 5.73 Å². The van der Waals surface area contributed by atoms with Crippen molar-refractivity contribution in [3.8, 4) is 5.75 Å². The Morgan fingerprint density at radius 2 is 2.11 bits per heavy atom. The van der Waals surface area contributed by atoms with Crippen LogP contribution in [0.1, 0.15) is 16.8 Å². The Morgan fingerprint density at radius 1 is 1.39 bits per heavy atom. The van der Waals surface area contributed by atoms with Crippen LogP contribution in [-0.4, -0.2) is 9.78 Å². The first kappa shape index (κ1) is 12.8. The quantitative estimate of drug-likeness (QED) is 0.869. The Hall–Kier alpha value is -1.68. The summed E-state index contributed by atoms with van der Waals surface area (Å²) >= 11 is 6.14. The Bertz CT molecular complexity index is 578. The number of aryl methyl sites for hydroxylation is 3. The molecule has 0 radical (unpaired) electrons. The van der Waals surface area contributed by atoms with Crippen molar-refractivity contribution < 1.29 is 4.74 Å². The summed E-state index contributed by atoms with van der Waals surface area (Å²) < 4.78 is 7.35. The first-order chi connectivity index (χ1) is 8.49. The summed E-state index contributed by atoms with van der Waals surface area (Å²) in [5, 5.41) is 4.83. The van der Waals surface area contributed by atoms with Gasteiger partial charge in [-0.15, -0.1) is 0 Å². The fourth-order valence-electron chi connectivity index (χ4n) is 1.75. The first-order valence-corrected chi connectivity index (χ1v) is 6.03. The number of hydrogen-bond acceptors (Lipinski definition) is 3. The molecule has 0 aliphatic carbocycles. The van der Waals surface area contributed by atoms with Crippen molar-refractivity contribution in [3.63, 3.8) is 0 Å². The topological polar surface area (TPSA) is 53.1 Å². The first-order valence-electron chi connectivity index (χ1n) is 5.66. The molecule has 0 amide bonds. The van der Waals surface area contributed by atoms with E-state index in [1.165, 1.54) is 0 Å². The number of ether oxygens (including phenoxy) is 1. The average Bonchev–Trinajstić information content (AvgIpc) is 2.55. The number of nitrogens with two attached hydrogens (primary N) is 1. The summed E-state index contributed by atoms with van der Waals surface area (Å²) in [4.78, 5) is 0. The minimum atomic E-state index is 0.367. The van der Waals surface area contributed by atoms with Crippen LogP contribution < -0.4 is 10.5 Å². The maximum Gasteiger partial charge on any atom is 0.142 e. The molecular formula is C13H16ClN3O. The summed E-state index contributed by atoms with van der Waals surface area (Å²) in [7, 11) is 1.81. The number of nitrogen functional groups attached to an aromatic ring is 1. The SMILES string of the molecule is Cc1ccc(N)c(OCc2c(C)nn(C)c2Cl)c1. The number of aromatic nitrogens is 2. The lowest BCUT2D eigenvalue weighted by molar-refractivity contribution is 0.307. The number of benzene rings is 1. The zero-order valence-corrected chi connectivity index (χ0v) is 11.5. The zero-order chi connectivity index (χ0) is 13.3. The normalized spacial score (nSPS) is 10.7. The average molecular weight is 266 g/mol. The third kappa shape index (κ3) is 2.43. The molecule has 2 N–H and O–H groups in total. The summed E-state index contributed by atoms with van der Waals surface area (Å²) in [6, 6.07) is 5.70. The molecule has 0 aliphatic rings. The van der Waals surface area contributed by atoms with E-state index in [1.54, 1.807) is 11.7 Å². The number of anilines is 1. The summed E-state index contributed by atoms with van der Waals surface area (Å²) in [6.45, 7) is 4.27. The molecule has 0 bridgehead atoms. The van der Waals surface area contributed by atoms with Gasteiger partial charge < -0.3 is 10.5 Å². The number of rotatable bonds is 3. The van der Waals surface area contributed by atoms with Gasteiger partial charge in [0.15, 0.2) is 0 Å². The van der Waals surface area contributed by atoms with Crippen molar-refractivity contribution in [3.05, 3.63) is 40.2 Å². The van der Waals surface area contributed by atoms with Gasteiger partial charge in [0.1, 0.15) is 17.5 Å². The fraction of sp³-hybridized carbons (Fsp3) is 0.308. The van der Waals surface area contributed by atoms with Crippen molar-refractivity contribution in [2.24, 2.45) is 7.05 Å². The molecule has 0 fully saturated rings. The van der Waals surface area contributed by atoms with Crippen LogP contribution in [0.15, 0.2) is 18.2 Å². The van der Waals surface area contributed by atoms with Crippen LogP contribution in [0.5, 0.6) is 5.75 Å². The van der Waals surface area contributed by atoms with E-state index in [1.807, 2.05) is 32.0 Å². The lowest BCUT2D eigenvalue weighted by atomic mass is 10.2. The third-order valence-corrected chi connectivity index (χ3v) is 3.28. The van der Waals surface area contributed by atoms with E-state index in [4.69, 9.17) is 22.1 Å². The maximum atomic E-state index is 6.14. The molecule has 0 spiro atoms. The van der Waals surface area contributed by atoms with Crippen LogP contribution in [0, 0.1) is 13.8 Å². The van der Waals surface area contributed by atoms with Gasteiger partial charge in [0.2, 0.25) is 0 Å². The molecule has 18 heavy (non-hydrogen) atoms. The largest absolute Gasteiger partial charge is 0.487 e. The molecule has 5 heteroatoms. The van der Waals surface area contributed by atoms with Crippen LogP contribution in [-0.2, 0) is 13.7 Å². The highest BCUT2D eigenvalue weighted by Gasteiger charge is 2.12. The molecule has 1 aromatic heterocycles. The minimum Gasteiger partial charge on any atom is -0.487 e. The molecule has 1 heterocycles. The van der Waals surface area contributed by atoms with E-state index in [-0.39, 0.29) is 0 Å². The Kier molecular flexibility index (Phi) is 3.48. The Balaban J connectivity index is 2.19. The van der Waals surface area contributed by atoms with Gasteiger partial charge in [0.05, 0.1) is 11.4 Å². The van der Waals surface area contributed by atoms with E-state index in [2.05, 4.69) is 5.10 Å². The van der Waals surface area contributed by atoms with Crippen LogP contribution >= 0.6 is 11.6 Å². The third-order valence-electron chi connectivity index (χ3n) is 2.81. The lowest BCUT2D eigenvalue weighted by Crippen LogP contribution is -2.00. The summed E-state index contributed by atoms with van der Waals surface area (Å²) in [6.07, 6.45) is 0. The van der Waals surface area contributed by atoms with Crippen LogP contribution in [0.4, 0.5) is 5.69 Å². The highest BCUT2D eigenvalue weighted by Crippen LogP contribution is 2.25. The van der Waals surface area contributed by atoms with Gasteiger partial charge >= 0.3 is 0 Å². The van der Waals surface area contributed by atoms with E-state index < -0.39 is 0 Å². The van der Waals surface area contributed by atoms with Crippen LogP contribution in [0.25, 0.3) is 0 Å². The molecular weight excluding hydrogens is 250 g/mol. The van der Waals surface area contributed by atoms with Gasteiger partial charge in [-0.3, -0.25) is 4.68 Å². The van der Waals surface area contributed by atoms with E-state index >= 15 is 0 Å². The number of nitrogens with zero attached hydrogens (tertiary/aromatic N) is 2. The highest BCUT2D eigenvalue weighted by molar-refractivity contribution is 6.30. The van der Waals surface area contributed by atoms with Gasteiger partial charge in [-0.25, -0.2) is 0 Å². The molecule has 0 aliphatic heterocycles. The molecule has 2 rings (SSSR count). The fourth-order valence-corrected chi connectivity index (χ4v) is 1.98. The second-order valence-corrected chi connectivity index (χ2v) is 4.67. The van der Waals surface area contributed by atoms with Crippen LogP contribution in [0.2, 0.25) is 5.15 Å². The van der Waals surface area contributed by atoms with Crippen molar-refractivity contribution >= 4 is 17.3 Å². The van der Waals surface area contributed by atoms with Crippen LogP contribution in [0.3, 0.4) is 0 Å². The van der Waals surface area contributed by atoms with Gasteiger partial charge in [-0.2, -0.15) is 5.10 Å². The predicted octanol–water partition coefficient (Wildman–Crippen LogP) is 2.85. The molecule has 96 valence electrons. The van der Waals surface area contributed by atoms with Crippen molar-refractivity contribution in [2.45, 2.75) is 20.5 Å². The van der Waals surface area contributed by atoms with Gasteiger partial charge in [0.25, 0.3) is 0 Å². The van der Waals surface area contributed by atoms with Crippen molar-refractivity contribution in [1.82, 2.24) is 9.78 Å². The molecule has 0 unspecified atom stereocenters. The minimum absolute atomic E-state index is 0.367. The Morgan fingerprint density at radius 3 is 2.72 bits per heavy atom. The maximum absolute atomic E-state index is 6.14. The second kappa shape index (κ2) is 4.90.